The molecule has 2 N–H and O–H groups in total. The zero-order valence-corrected chi connectivity index (χ0v) is 18.0. The number of nitrogens with zero attached hydrogens (tertiary/aromatic N) is 6. The molecule has 1 aliphatic rings. The van der Waals surface area contributed by atoms with Gasteiger partial charge in [-0.15, -0.1) is 5.10 Å². The van der Waals surface area contributed by atoms with Crippen molar-refractivity contribution in [1.82, 2.24) is 29.0 Å². The minimum absolute atomic E-state index is 0.281. The molecule has 4 aromatic rings. The third-order valence-corrected chi connectivity index (χ3v) is 6.29. The Bertz CT molecular complexity index is 1220. The van der Waals surface area contributed by atoms with Gasteiger partial charge in [-0.1, -0.05) is 0 Å². The molecule has 0 atom stereocenters. The van der Waals surface area contributed by atoms with E-state index in [1.54, 1.807) is 24.0 Å². The van der Waals surface area contributed by atoms with Gasteiger partial charge in [-0.2, -0.15) is 4.98 Å². The molecule has 31 heavy (non-hydrogen) atoms. The molecule has 1 fully saturated rings. The molecule has 0 unspecified atom stereocenters. The van der Waals surface area contributed by atoms with Gasteiger partial charge in [0, 0.05) is 48.2 Å². The van der Waals surface area contributed by atoms with Crippen LogP contribution < -0.4 is 10.1 Å². The van der Waals surface area contributed by atoms with Crippen molar-refractivity contribution in [3.63, 3.8) is 0 Å². The second kappa shape index (κ2) is 7.49. The smallest absolute Gasteiger partial charge is 0.244 e. The van der Waals surface area contributed by atoms with Gasteiger partial charge in [-0.05, 0) is 51.5 Å². The summed E-state index contributed by atoms with van der Waals surface area (Å²) in [7, 11) is 1.62. The summed E-state index contributed by atoms with van der Waals surface area (Å²) < 4.78 is 9.30. The quantitative estimate of drug-likeness (QED) is 0.510. The van der Waals surface area contributed by atoms with Crippen molar-refractivity contribution in [2.75, 3.05) is 12.4 Å². The van der Waals surface area contributed by atoms with Crippen LogP contribution >= 0.6 is 0 Å². The summed E-state index contributed by atoms with van der Waals surface area (Å²) in [4.78, 5) is 13.2. The highest BCUT2D eigenvalue weighted by Crippen LogP contribution is 2.34. The maximum atomic E-state index is 10.3. The molecule has 0 bridgehead atoms. The van der Waals surface area contributed by atoms with E-state index in [0.29, 0.717) is 23.5 Å². The summed E-state index contributed by atoms with van der Waals surface area (Å²) in [6.07, 6.45) is 13.2. The lowest BCUT2D eigenvalue weighted by molar-refractivity contribution is -0.000418. The Morgan fingerprint density at radius 1 is 1.16 bits per heavy atom. The van der Waals surface area contributed by atoms with Crippen LogP contribution in [0.4, 0.5) is 5.95 Å². The highest BCUT2D eigenvalue weighted by atomic mass is 16.5. The SMILES string of the molecule is COc1nc(NC2CCC(C(C)(C)O)CC2)nn2ccc(-c3cnc4nccn4c3)c12. The van der Waals surface area contributed by atoms with E-state index in [0.717, 1.165) is 42.3 Å². The van der Waals surface area contributed by atoms with Crippen LogP contribution in [-0.2, 0) is 0 Å². The number of aliphatic hydroxyl groups is 1. The molecule has 4 aromatic heterocycles. The number of nitrogens with one attached hydrogen (secondary N) is 1. The molecule has 0 radical (unpaired) electrons. The highest BCUT2D eigenvalue weighted by molar-refractivity contribution is 5.84. The maximum absolute atomic E-state index is 10.3. The van der Waals surface area contributed by atoms with Gasteiger partial charge in [0.2, 0.25) is 17.6 Å². The molecule has 162 valence electrons. The van der Waals surface area contributed by atoms with Gasteiger partial charge in [0.1, 0.15) is 5.52 Å². The number of hydrogen-bond acceptors (Lipinski definition) is 7. The molecule has 0 aromatic carbocycles. The zero-order chi connectivity index (χ0) is 21.6. The van der Waals surface area contributed by atoms with Gasteiger partial charge in [0.25, 0.3) is 0 Å². The number of ether oxygens (including phenoxy) is 1. The molecular formula is C22H27N7O2. The average Bonchev–Trinajstić information content (AvgIpc) is 3.39. The standard InChI is InChI=1S/C22H27N7O2/c1-22(2,30)15-4-6-16(7-5-15)25-20-26-19(31-3)18-17(8-10-29(18)27-20)14-12-24-21-23-9-11-28(21)13-14/h8-13,15-16,30H,4-7H2,1-3H3,(H,25,27). The lowest BCUT2D eigenvalue weighted by Gasteiger charge is -2.36. The molecular weight excluding hydrogens is 394 g/mol. The molecule has 4 heterocycles. The molecule has 0 aliphatic heterocycles. The maximum Gasteiger partial charge on any atom is 0.244 e. The van der Waals surface area contributed by atoms with E-state index in [4.69, 9.17) is 4.74 Å². The summed E-state index contributed by atoms with van der Waals surface area (Å²) in [6.45, 7) is 3.80. The van der Waals surface area contributed by atoms with Crippen LogP contribution in [0, 0.1) is 5.92 Å². The summed E-state index contributed by atoms with van der Waals surface area (Å²) in [5.74, 6) is 2.04. The van der Waals surface area contributed by atoms with Gasteiger partial charge < -0.3 is 15.2 Å². The van der Waals surface area contributed by atoms with E-state index in [9.17, 15) is 5.11 Å². The summed E-state index contributed by atoms with van der Waals surface area (Å²) in [5.41, 5.74) is 2.04. The van der Waals surface area contributed by atoms with Crippen LogP contribution in [0.25, 0.3) is 22.4 Å². The molecule has 9 nitrogen and oxygen atoms in total. The fourth-order valence-electron chi connectivity index (χ4n) is 4.51. The summed E-state index contributed by atoms with van der Waals surface area (Å²) >= 11 is 0. The predicted molar refractivity (Wildman–Crippen MR) is 117 cm³/mol. The van der Waals surface area contributed by atoms with Crippen LogP contribution in [0.5, 0.6) is 5.88 Å². The Balaban J connectivity index is 1.42. The topological polar surface area (TPSA) is 102 Å². The second-order valence-electron chi connectivity index (χ2n) is 8.79. The molecule has 0 spiro atoms. The third kappa shape index (κ3) is 3.69. The normalized spacial score (nSPS) is 19.7. The fourth-order valence-corrected chi connectivity index (χ4v) is 4.51. The van der Waals surface area contributed by atoms with Crippen molar-refractivity contribution in [3.05, 3.63) is 37.1 Å². The highest BCUT2D eigenvalue weighted by Gasteiger charge is 2.31. The van der Waals surface area contributed by atoms with E-state index in [2.05, 4.69) is 25.4 Å². The Hall–Kier alpha value is -3.20. The lowest BCUT2D eigenvalue weighted by atomic mass is 9.77. The van der Waals surface area contributed by atoms with Gasteiger partial charge in [0.05, 0.1) is 12.7 Å². The van der Waals surface area contributed by atoms with Crippen molar-refractivity contribution in [2.24, 2.45) is 5.92 Å². The van der Waals surface area contributed by atoms with E-state index in [-0.39, 0.29) is 6.04 Å². The Labute approximate surface area is 180 Å². The minimum Gasteiger partial charge on any atom is -0.479 e. The van der Waals surface area contributed by atoms with E-state index in [1.165, 1.54) is 0 Å². The molecule has 5 rings (SSSR count). The summed E-state index contributed by atoms with van der Waals surface area (Å²) in [6, 6.07) is 2.27. The van der Waals surface area contributed by atoms with E-state index in [1.807, 2.05) is 42.9 Å². The average molecular weight is 422 g/mol. The molecule has 0 saturated heterocycles. The first-order chi connectivity index (χ1) is 14.9. The Kier molecular flexibility index (Phi) is 4.77. The second-order valence-corrected chi connectivity index (χ2v) is 8.79. The third-order valence-electron chi connectivity index (χ3n) is 6.29. The first-order valence-corrected chi connectivity index (χ1v) is 10.6. The first kappa shape index (κ1) is 19.7. The Morgan fingerprint density at radius 2 is 1.97 bits per heavy atom. The summed E-state index contributed by atoms with van der Waals surface area (Å²) in [5, 5.41) is 18.4. The van der Waals surface area contributed by atoms with Crippen LogP contribution in [0.2, 0.25) is 0 Å². The van der Waals surface area contributed by atoms with Crippen molar-refractivity contribution >= 4 is 17.2 Å². The number of rotatable bonds is 5. The number of aromatic nitrogens is 6. The van der Waals surface area contributed by atoms with Crippen LogP contribution in [0.1, 0.15) is 39.5 Å². The monoisotopic (exact) mass is 421 g/mol. The number of hydrogen-bond donors (Lipinski definition) is 2. The Morgan fingerprint density at radius 3 is 2.71 bits per heavy atom. The van der Waals surface area contributed by atoms with Gasteiger partial charge in [0.15, 0.2) is 0 Å². The van der Waals surface area contributed by atoms with Crippen LogP contribution in [-0.4, -0.2) is 52.8 Å². The molecule has 0 amide bonds. The van der Waals surface area contributed by atoms with Gasteiger partial charge in [-0.25, -0.2) is 14.5 Å². The number of imidazole rings is 1. The van der Waals surface area contributed by atoms with E-state index < -0.39 is 5.60 Å². The minimum atomic E-state index is -0.625. The van der Waals surface area contributed by atoms with Gasteiger partial charge in [-0.3, -0.25) is 4.40 Å². The number of fused-ring (bicyclic) bond motifs is 2. The van der Waals surface area contributed by atoms with Crippen LogP contribution in [0.3, 0.4) is 0 Å². The lowest BCUT2D eigenvalue weighted by Crippen LogP contribution is -2.37. The fraction of sp³-hybridized carbons (Fsp3) is 0.455. The number of methoxy groups -OCH3 is 1. The van der Waals surface area contributed by atoms with Crippen molar-refractivity contribution in [1.29, 1.82) is 0 Å². The molecule has 1 saturated carbocycles. The van der Waals surface area contributed by atoms with E-state index >= 15 is 0 Å². The van der Waals surface area contributed by atoms with Crippen molar-refractivity contribution in [3.8, 4) is 17.0 Å². The van der Waals surface area contributed by atoms with Gasteiger partial charge >= 0.3 is 0 Å². The first-order valence-electron chi connectivity index (χ1n) is 10.6. The zero-order valence-electron chi connectivity index (χ0n) is 18.0. The largest absolute Gasteiger partial charge is 0.479 e. The number of anilines is 1. The predicted octanol–water partition coefficient (Wildman–Crippen LogP) is 3.19. The molecule has 1 aliphatic carbocycles. The van der Waals surface area contributed by atoms with Crippen LogP contribution in [0.15, 0.2) is 37.1 Å². The van der Waals surface area contributed by atoms with Crippen molar-refractivity contribution in [2.45, 2.75) is 51.2 Å². The molecule has 9 heteroatoms. The van der Waals surface area contributed by atoms with Crippen molar-refractivity contribution < 1.29 is 9.84 Å².